The van der Waals surface area contributed by atoms with Crippen LogP contribution in [0.3, 0.4) is 0 Å². The highest BCUT2D eigenvalue weighted by Gasteiger charge is 2.30. The molecule has 178 valence electrons. The summed E-state index contributed by atoms with van der Waals surface area (Å²) in [6, 6.07) is 11.4. The highest BCUT2D eigenvalue weighted by Crippen LogP contribution is 2.31. The number of hydrogen-bond acceptors (Lipinski definition) is 3. The summed E-state index contributed by atoms with van der Waals surface area (Å²) in [5.41, 5.74) is 0.567. The third-order valence-electron chi connectivity index (χ3n) is 5.45. The Kier molecular flexibility index (Phi) is 6.86. The second-order valence-corrected chi connectivity index (χ2v) is 8.36. The molecule has 1 heterocycles. The zero-order valence-electron chi connectivity index (χ0n) is 17.3. The van der Waals surface area contributed by atoms with E-state index in [9.17, 15) is 26.7 Å². The van der Waals surface area contributed by atoms with Gasteiger partial charge >= 0.3 is 0 Å². The highest BCUT2D eigenvalue weighted by atomic mass is 35.5. The van der Waals surface area contributed by atoms with Crippen molar-refractivity contribution in [1.29, 1.82) is 0 Å². The molecule has 34 heavy (non-hydrogen) atoms. The molecule has 0 spiro atoms. The largest absolute Gasteiger partial charge is 0.368 e. The molecule has 11 heteroatoms. The van der Waals surface area contributed by atoms with Gasteiger partial charge in [0.25, 0.3) is 5.91 Å². The number of carbonyl (C=O) groups excluding carboxylic acids is 1. The Bertz CT molecular complexity index is 1220. The van der Waals surface area contributed by atoms with Gasteiger partial charge in [0.2, 0.25) is 5.82 Å². The van der Waals surface area contributed by atoms with Crippen LogP contribution in [0.15, 0.2) is 42.5 Å². The third kappa shape index (κ3) is 4.63. The van der Waals surface area contributed by atoms with Crippen molar-refractivity contribution in [3.8, 4) is 0 Å². The summed E-state index contributed by atoms with van der Waals surface area (Å²) in [6.45, 7) is 0.654. The van der Waals surface area contributed by atoms with Gasteiger partial charge in [0.15, 0.2) is 23.3 Å². The fourth-order valence-corrected chi connectivity index (χ4v) is 4.06. The van der Waals surface area contributed by atoms with Crippen molar-refractivity contribution in [1.82, 2.24) is 0 Å². The molecule has 0 aromatic heterocycles. The number of halogens is 7. The minimum absolute atomic E-state index is 0.0457. The van der Waals surface area contributed by atoms with Gasteiger partial charge in [-0.15, -0.1) is 0 Å². The molecule has 1 aliphatic rings. The van der Waals surface area contributed by atoms with Crippen molar-refractivity contribution >= 4 is 46.2 Å². The SMILES string of the molecule is O=C(Nc1ccc(N2CCN(c3c(F)c(F)c(F)c(F)c3F)CC2)cc1)c1cc(Cl)ccc1Cl. The lowest BCUT2D eigenvalue weighted by molar-refractivity contribution is 0.102. The molecule has 0 saturated carbocycles. The first-order valence-electron chi connectivity index (χ1n) is 10.0. The number of amides is 1. The standard InChI is InChI=1S/C23H16Cl2F5N3O/c24-12-1-6-16(25)15(11-12)23(34)31-13-2-4-14(5-3-13)32-7-9-33(10-8-32)22-20(29)18(27)17(26)19(28)21(22)30/h1-6,11H,7-10H2,(H,31,34). The summed E-state index contributed by atoms with van der Waals surface area (Å²) >= 11 is 12.0. The Morgan fingerprint density at radius 3 is 1.85 bits per heavy atom. The Morgan fingerprint density at radius 2 is 1.26 bits per heavy atom. The second-order valence-electron chi connectivity index (χ2n) is 7.52. The summed E-state index contributed by atoms with van der Waals surface area (Å²) in [6.07, 6.45) is 0. The number of hydrogen-bond donors (Lipinski definition) is 1. The van der Waals surface area contributed by atoms with Gasteiger partial charge in [-0.1, -0.05) is 23.2 Å². The lowest BCUT2D eigenvalue weighted by Crippen LogP contribution is -2.47. The van der Waals surface area contributed by atoms with Crippen molar-refractivity contribution < 1.29 is 26.7 Å². The zero-order valence-corrected chi connectivity index (χ0v) is 18.8. The van der Waals surface area contributed by atoms with Crippen LogP contribution in [0.4, 0.5) is 39.0 Å². The predicted octanol–water partition coefficient (Wildman–Crippen LogP) is 6.27. The Labute approximate surface area is 201 Å². The van der Waals surface area contributed by atoms with Crippen molar-refractivity contribution in [2.45, 2.75) is 0 Å². The quantitative estimate of drug-likeness (QED) is 0.253. The third-order valence-corrected chi connectivity index (χ3v) is 6.01. The molecular formula is C23H16Cl2F5N3O. The van der Waals surface area contributed by atoms with Crippen molar-refractivity contribution in [2.24, 2.45) is 0 Å². The highest BCUT2D eigenvalue weighted by molar-refractivity contribution is 6.36. The van der Waals surface area contributed by atoms with E-state index in [2.05, 4.69) is 5.32 Å². The van der Waals surface area contributed by atoms with E-state index in [1.165, 1.54) is 12.1 Å². The van der Waals surface area contributed by atoms with Gasteiger partial charge in [-0.25, -0.2) is 22.0 Å². The molecule has 1 fully saturated rings. The van der Waals surface area contributed by atoms with Crippen LogP contribution in [0.25, 0.3) is 0 Å². The van der Waals surface area contributed by atoms with Gasteiger partial charge in [-0.2, -0.15) is 0 Å². The van der Waals surface area contributed by atoms with Crippen molar-refractivity contribution in [3.63, 3.8) is 0 Å². The average molecular weight is 516 g/mol. The summed E-state index contributed by atoms with van der Waals surface area (Å²) in [5, 5.41) is 3.34. The molecule has 0 radical (unpaired) electrons. The van der Waals surface area contributed by atoms with E-state index in [0.29, 0.717) is 10.7 Å². The fraction of sp³-hybridized carbons (Fsp3) is 0.174. The van der Waals surface area contributed by atoms with Gasteiger partial charge in [0.05, 0.1) is 10.6 Å². The van der Waals surface area contributed by atoms with Crippen LogP contribution in [-0.2, 0) is 0 Å². The summed E-state index contributed by atoms with van der Waals surface area (Å²) < 4.78 is 68.6. The van der Waals surface area contributed by atoms with Gasteiger partial charge in [-0.3, -0.25) is 4.79 Å². The van der Waals surface area contributed by atoms with E-state index in [1.54, 1.807) is 30.3 Å². The molecular weight excluding hydrogens is 500 g/mol. The number of anilines is 3. The molecule has 1 amide bonds. The number of benzene rings is 3. The molecule has 1 N–H and O–H groups in total. The number of nitrogens with zero attached hydrogens (tertiary/aromatic N) is 2. The maximum absolute atomic E-state index is 14.1. The first-order chi connectivity index (χ1) is 16.2. The molecule has 0 unspecified atom stereocenters. The van der Waals surface area contributed by atoms with Crippen molar-refractivity contribution in [2.75, 3.05) is 41.3 Å². The Morgan fingerprint density at radius 1 is 0.735 bits per heavy atom. The molecule has 1 saturated heterocycles. The summed E-state index contributed by atoms with van der Waals surface area (Å²) in [7, 11) is 0. The molecule has 0 atom stereocenters. The molecule has 4 rings (SSSR count). The van der Waals surface area contributed by atoms with Gasteiger partial charge in [-0.05, 0) is 42.5 Å². The predicted molar refractivity (Wildman–Crippen MR) is 122 cm³/mol. The van der Waals surface area contributed by atoms with Gasteiger partial charge < -0.3 is 15.1 Å². The van der Waals surface area contributed by atoms with E-state index < -0.39 is 40.7 Å². The van der Waals surface area contributed by atoms with E-state index in [-0.39, 0.29) is 36.8 Å². The van der Waals surface area contributed by atoms with E-state index in [1.807, 2.05) is 4.90 Å². The van der Waals surface area contributed by atoms with E-state index in [0.717, 1.165) is 10.6 Å². The van der Waals surface area contributed by atoms with Crippen LogP contribution in [0.5, 0.6) is 0 Å². The van der Waals surface area contributed by atoms with Crippen LogP contribution in [0, 0.1) is 29.1 Å². The van der Waals surface area contributed by atoms with E-state index in [4.69, 9.17) is 23.2 Å². The number of nitrogens with one attached hydrogen (secondary N) is 1. The smallest absolute Gasteiger partial charge is 0.257 e. The fourth-order valence-electron chi connectivity index (χ4n) is 3.68. The van der Waals surface area contributed by atoms with E-state index >= 15 is 0 Å². The summed E-state index contributed by atoms with van der Waals surface area (Å²) in [4.78, 5) is 15.5. The van der Waals surface area contributed by atoms with Crippen LogP contribution in [0.1, 0.15) is 10.4 Å². The molecule has 1 aliphatic heterocycles. The molecule has 3 aromatic rings. The Hall–Kier alpha value is -3.04. The second kappa shape index (κ2) is 9.68. The maximum atomic E-state index is 14.1. The Balaban J connectivity index is 1.42. The van der Waals surface area contributed by atoms with Crippen LogP contribution in [0.2, 0.25) is 10.0 Å². The number of rotatable bonds is 4. The number of carbonyl (C=O) groups is 1. The maximum Gasteiger partial charge on any atom is 0.257 e. The minimum atomic E-state index is -2.18. The lowest BCUT2D eigenvalue weighted by Gasteiger charge is -2.37. The molecule has 0 bridgehead atoms. The topological polar surface area (TPSA) is 35.6 Å². The zero-order chi connectivity index (χ0) is 24.6. The van der Waals surface area contributed by atoms with Crippen LogP contribution < -0.4 is 15.1 Å². The number of piperazine rings is 1. The monoisotopic (exact) mass is 515 g/mol. The first kappa shape index (κ1) is 24.1. The molecule has 4 nitrogen and oxygen atoms in total. The first-order valence-corrected chi connectivity index (χ1v) is 10.8. The minimum Gasteiger partial charge on any atom is -0.368 e. The van der Waals surface area contributed by atoms with Crippen LogP contribution in [-0.4, -0.2) is 32.1 Å². The molecule has 0 aliphatic carbocycles. The lowest BCUT2D eigenvalue weighted by atomic mass is 10.1. The summed E-state index contributed by atoms with van der Waals surface area (Å²) in [5.74, 6) is -10.2. The normalized spacial score (nSPS) is 13.9. The van der Waals surface area contributed by atoms with Gasteiger partial charge in [0, 0.05) is 42.6 Å². The van der Waals surface area contributed by atoms with Crippen molar-refractivity contribution in [3.05, 3.63) is 87.2 Å². The van der Waals surface area contributed by atoms with Gasteiger partial charge in [0.1, 0.15) is 5.69 Å². The van der Waals surface area contributed by atoms with Crippen LogP contribution >= 0.6 is 23.2 Å². The average Bonchev–Trinajstić information content (AvgIpc) is 2.84. The molecule has 3 aromatic carbocycles.